The minimum absolute atomic E-state index is 0.641. The second-order valence-electron chi connectivity index (χ2n) is 4.38. The van der Waals surface area contributed by atoms with Crippen LogP contribution in [0.1, 0.15) is 11.1 Å². The maximum atomic E-state index is 12.6. The number of benzene rings is 2. The number of hydrogen-bond donors (Lipinski definition) is 0. The predicted molar refractivity (Wildman–Crippen MR) is 81.8 cm³/mol. The molecule has 0 aliphatic carbocycles. The van der Waals surface area contributed by atoms with E-state index in [1.54, 1.807) is 24.3 Å². The lowest BCUT2D eigenvalue weighted by atomic mass is 10.2. The number of hydrogen-bond acceptors (Lipinski definition) is 3. The molecule has 0 radical (unpaired) electrons. The third-order valence-electron chi connectivity index (χ3n) is 2.58. The van der Waals surface area contributed by atoms with Gasteiger partial charge in [-0.3, -0.25) is 0 Å². The highest BCUT2D eigenvalue weighted by atomic mass is 32.2. The lowest BCUT2D eigenvalue weighted by molar-refractivity contribution is 0.408. The molecular weight excluding hydrogens is 367 g/mol. The summed E-state index contributed by atoms with van der Waals surface area (Å²) in [5.74, 6) is -5.03. The van der Waals surface area contributed by atoms with Crippen LogP contribution in [0.3, 0.4) is 0 Å². The molecule has 0 saturated heterocycles. The minimum Gasteiger partial charge on any atom is -0.744 e. The molecule has 2 aromatic rings. The van der Waals surface area contributed by atoms with Crippen LogP contribution in [-0.4, -0.2) is 13.0 Å². The topological polar surface area (TPSA) is 57.2 Å². The zero-order chi connectivity index (χ0) is 19.0. The lowest BCUT2D eigenvalue weighted by Crippen LogP contribution is -1.90. The summed E-state index contributed by atoms with van der Waals surface area (Å²) >= 11 is 0. The Hall–Kier alpha value is -2.52. The van der Waals surface area contributed by atoms with Crippen LogP contribution in [-0.2, 0) is 10.1 Å². The zero-order valence-corrected chi connectivity index (χ0v) is 13.1. The Balaban J connectivity index is 0.000000251. The largest absolute Gasteiger partial charge is 0.744 e. The summed E-state index contributed by atoms with van der Waals surface area (Å²) < 4.78 is 91.2. The van der Waals surface area contributed by atoms with Crippen molar-refractivity contribution in [3.63, 3.8) is 0 Å². The number of halogens is 5. The van der Waals surface area contributed by atoms with Gasteiger partial charge in [-0.15, -0.1) is 0 Å². The van der Waals surface area contributed by atoms with E-state index in [-0.39, 0.29) is 0 Å². The summed E-state index contributed by atoms with van der Waals surface area (Å²) in [7, 11) is -4.25. The Kier molecular flexibility index (Phi) is 7.46. The molecule has 134 valence electrons. The Morgan fingerprint density at radius 3 is 2.04 bits per heavy atom. The first kappa shape index (κ1) is 20.5. The monoisotopic (exact) mass is 377 g/mol. The van der Waals surface area contributed by atoms with Crippen molar-refractivity contribution in [3.05, 3.63) is 82.8 Å². The van der Waals surface area contributed by atoms with Crippen molar-refractivity contribution >= 4 is 22.0 Å². The van der Waals surface area contributed by atoms with Gasteiger partial charge in [-0.05, 0) is 23.8 Å². The van der Waals surface area contributed by atoms with Crippen LogP contribution >= 0.6 is 0 Å². The van der Waals surface area contributed by atoms with Crippen LogP contribution < -0.4 is 0 Å². The predicted octanol–water partition coefficient (Wildman–Crippen LogP) is 4.70. The van der Waals surface area contributed by atoms with Gasteiger partial charge in [0.15, 0.2) is 17.5 Å². The molecule has 0 atom stereocenters. The molecular formula is C16H10F5O3S-. The Bertz CT molecular complexity index is 874. The highest BCUT2D eigenvalue weighted by Gasteiger charge is 2.15. The average molecular weight is 377 g/mol. The Morgan fingerprint density at radius 1 is 0.920 bits per heavy atom. The van der Waals surface area contributed by atoms with E-state index >= 15 is 0 Å². The standard InChI is InChI=1S/C8H3F5.C8H8O3S/c9-5-3-1-2-4(6(5)10)7(11)8(12)13;9-12(10,11)7-6-8-4-2-1-3-5-8/h1-3H;1-7H,(H,9,10,11)/p-1. The molecule has 0 fully saturated rings. The quantitative estimate of drug-likeness (QED) is 0.575. The van der Waals surface area contributed by atoms with Gasteiger partial charge in [0.1, 0.15) is 10.1 Å². The van der Waals surface area contributed by atoms with Crippen molar-refractivity contribution in [2.24, 2.45) is 0 Å². The Morgan fingerprint density at radius 2 is 1.52 bits per heavy atom. The van der Waals surface area contributed by atoms with Gasteiger partial charge in [0.05, 0.1) is 5.56 Å². The maximum Gasteiger partial charge on any atom is 0.306 e. The summed E-state index contributed by atoms with van der Waals surface area (Å²) in [5.41, 5.74) is -0.378. The zero-order valence-electron chi connectivity index (χ0n) is 12.3. The molecule has 0 unspecified atom stereocenters. The van der Waals surface area contributed by atoms with E-state index < -0.39 is 39.2 Å². The maximum absolute atomic E-state index is 12.6. The van der Waals surface area contributed by atoms with Crippen molar-refractivity contribution < 1.29 is 34.9 Å². The second kappa shape index (κ2) is 9.09. The first-order valence-corrected chi connectivity index (χ1v) is 7.93. The molecule has 0 saturated carbocycles. The van der Waals surface area contributed by atoms with Crippen molar-refractivity contribution in [2.45, 2.75) is 0 Å². The van der Waals surface area contributed by atoms with Crippen LogP contribution in [0.5, 0.6) is 0 Å². The SMILES string of the molecule is FC(F)=C(F)c1cccc(F)c1F.O=S(=O)([O-])C=Cc1ccccc1. The van der Waals surface area contributed by atoms with E-state index in [0.717, 1.165) is 12.1 Å². The Labute approximate surface area is 140 Å². The van der Waals surface area contributed by atoms with Crippen LogP contribution in [0.25, 0.3) is 11.9 Å². The normalized spacial score (nSPS) is 11.0. The molecule has 0 heterocycles. The molecule has 9 heteroatoms. The van der Waals surface area contributed by atoms with Crippen LogP contribution in [0.15, 0.2) is 60.0 Å². The summed E-state index contributed by atoms with van der Waals surface area (Å²) in [6.45, 7) is 0. The van der Waals surface area contributed by atoms with E-state index in [1.807, 2.05) is 6.07 Å². The summed E-state index contributed by atoms with van der Waals surface area (Å²) in [4.78, 5) is 0. The summed E-state index contributed by atoms with van der Waals surface area (Å²) in [5, 5.41) is 0.641. The third kappa shape index (κ3) is 7.27. The smallest absolute Gasteiger partial charge is 0.306 e. The van der Waals surface area contributed by atoms with Crippen LogP contribution in [0.2, 0.25) is 0 Å². The fourth-order valence-electron chi connectivity index (χ4n) is 1.50. The molecule has 3 nitrogen and oxygen atoms in total. The summed E-state index contributed by atoms with van der Waals surface area (Å²) in [6, 6.07) is 11.1. The molecule has 0 N–H and O–H groups in total. The molecule has 2 aromatic carbocycles. The van der Waals surface area contributed by atoms with E-state index in [9.17, 15) is 34.9 Å². The van der Waals surface area contributed by atoms with Crippen molar-refractivity contribution in [1.82, 2.24) is 0 Å². The molecule has 0 aromatic heterocycles. The van der Waals surface area contributed by atoms with E-state index in [2.05, 4.69) is 0 Å². The van der Waals surface area contributed by atoms with Gasteiger partial charge in [-0.2, -0.15) is 8.78 Å². The van der Waals surface area contributed by atoms with Crippen molar-refractivity contribution in [1.29, 1.82) is 0 Å². The van der Waals surface area contributed by atoms with Gasteiger partial charge in [-0.25, -0.2) is 21.6 Å². The molecule has 0 amide bonds. The minimum atomic E-state index is -4.25. The fourth-order valence-corrected chi connectivity index (χ4v) is 1.82. The van der Waals surface area contributed by atoms with Gasteiger partial charge in [0.2, 0.25) is 0 Å². The average Bonchev–Trinajstić information content (AvgIpc) is 2.56. The van der Waals surface area contributed by atoms with Gasteiger partial charge >= 0.3 is 6.08 Å². The molecule has 2 rings (SSSR count). The molecule has 0 bridgehead atoms. The van der Waals surface area contributed by atoms with E-state index in [0.29, 0.717) is 17.0 Å². The third-order valence-corrected chi connectivity index (χ3v) is 3.05. The first-order valence-electron chi connectivity index (χ1n) is 6.46. The van der Waals surface area contributed by atoms with E-state index in [1.165, 1.54) is 6.08 Å². The van der Waals surface area contributed by atoms with Gasteiger partial charge in [0, 0.05) is 5.41 Å². The van der Waals surface area contributed by atoms with E-state index in [4.69, 9.17) is 0 Å². The lowest BCUT2D eigenvalue weighted by Gasteiger charge is -1.99. The van der Waals surface area contributed by atoms with Crippen LogP contribution in [0, 0.1) is 11.6 Å². The van der Waals surface area contributed by atoms with Crippen molar-refractivity contribution in [3.8, 4) is 0 Å². The van der Waals surface area contributed by atoms with Gasteiger partial charge in [0.25, 0.3) is 0 Å². The molecule has 25 heavy (non-hydrogen) atoms. The molecule has 0 aliphatic heterocycles. The first-order chi connectivity index (χ1) is 11.6. The highest BCUT2D eigenvalue weighted by molar-refractivity contribution is 7.88. The molecule has 0 aliphatic rings. The molecule has 0 spiro atoms. The highest BCUT2D eigenvalue weighted by Crippen LogP contribution is 2.25. The van der Waals surface area contributed by atoms with Gasteiger partial charge in [-0.1, -0.05) is 36.4 Å². The summed E-state index contributed by atoms with van der Waals surface area (Å²) in [6.07, 6.45) is -1.41. The van der Waals surface area contributed by atoms with Crippen molar-refractivity contribution in [2.75, 3.05) is 0 Å². The fraction of sp³-hybridized carbons (Fsp3) is 0. The number of rotatable bonds is 3. The van der Waals surface area contributed by atoms with Crippen LogP contribution in [0.4, 0.5) is 22.0 Å². The van der Waals surface area contributed by atoms with Gasteiger partial charge < -0.3 is 4.55 Å². The second-order valence-corrected chi connectivity index (χ2v) is 5.64.